The van der Waals surface area contributed by atoms with Crippen LogP contribution in [0.25, 0.3) is 0 Å². The Kier molecular flexibility index (Phi) is 5.42. The van der Waals surface area contributed by atoms with Gasteiger partial charge in [-0.25, -0.2) is 0 Å². The lowest BCUT2D eigenvalue weighted by Gasteiger charge is -2.56. The van der Waals surface area contributed by atoms with Gasteiger partial charge in [0.2, 0.25) is 5.91 Å². The number of aryl methyl sites for hydroxylation is 1. The van der Waals surface area contributed by atoms with Gasteiger partial charge in [-0.15, -0.1) is 0 Å². The van der Waals surface area contributed by atoms with Crippen molar-refractivity contribution >= 4 is 11.6 Å². The third-order valence-corrected chi connectivity index (χ3v) is 8.13. The van der Waals surface area contributed by atoms with E-state index in [-0.39, 0.29) is 11.3 Å². The SMILES string of the molecule is COc1ccc(Cn2nc(C)c(NC(=O)CC34CC5CC(CC(C5)C3)C4)c2C)cc1OC. The molecule has 4 saturated carbocycles. The second kappa shape index (κ2) is 8.13. The van der Waals surface area contributed by atoms with E-state index in [1.54, 1.807) is 14.2 Å². The Morgan fingerprint density at radius 3 is 2.28 bits per heavy atom. The van der Waals surface area contributed by atoms with Crippen molar-refractivity contribution in [3.8, 4) is 11.5 Å². The van der Waals surface area contributed by atoms with Crippen molar-refractivity contribution in [3.63, 3.8) is 0 Å². The van der Waals surface area contributed by atoms with Gasteiger partial charge in [-0.2, -0.15) is 5.10 Å². The minimum atomic E-state index is 0.156. The third-order valence-electron chi connectivity index (χ3n) is 8.13. The smallest absolute Gasteiger partial charge is 0.225 e. The number of amides is 1. The molecule has 1 aromatic heterocycles. The van der Waals surface area contributed by atoms with Gasteiger partial charge in [0.1, 0.15) is 0 Å². The summed E-state index contributed by atoms with van der Waals surface area (Å²) in [5, 5.41) is 7.95. The van der Waals surface area contributed by atoms with Crippen LogP contribution < -0.4 is 14.8 Å². The number of ether oxygens (including phenoxy) is 2. The first-order valence-corrected chi connectivity index (χ1v) is 11.9. The Morgan fingerprint density at radius 1 is 1.06 bits per heavy atom. The maximum Gasteiger partial charge on any atom is 0.225 e. The van der Waals surface area contributed by atoms with Crippen LogP contribution in [0, 0.1) is 37.0 Å². The minimum absolute atomic E-state index is 0.156. The Bertz CT molecular complexity index is 990. The van der Waals surface area contributed by atoms with E-state index >= 15 is 0 Å². The second-order valence-corrected chi connectivity index (χ2v) is 10.5. The quantitative estimate of drug-likeness (QED) is 0.654. The van der Waals surface area contributed by atoms with E-state index in [0.29, 0.717) is 24.5 Å². The molecular weight excluding hydrogens is 402 g/mol. The van der Waals surface area contributed by atoms with Gasteiger partial charge in [0.15, 0.2) is 11.5 Å². The van der Waals surface area contributed by atoms with Gasteiger partial charge in [0.05, 0.1) is 37.8 Å². The van der Waals surface area contributed by atoms with Crippen molar-refractivity contribution in [1.29, 1.82) is 0 Å². The number of aromatic nitrogens is 2. The topological polar surface area (TPSA) is 65.4 Å². The zero-order valence-corrected chi connectivity index (χ0v) is 19.7. The molecule has 0 radical (unpaired) electrons. The number of rotatable bonds is 7. The molecule has 1 aromatic carbocycles. The molecule has 6 heteroatoms. The van der Waals surface area contributed by atoms with Crippen LogP contribution in [0.1, 0.15) is 61.9 Å². The number of carbonyl (C=O) groups is 1. The minimum Gasteiger partial charge on any atom is -0.493 e. The summed E-state index contributed by atoms with van der Waals surface area (Å²) in [5.74, 6) is 4.16. The number of nitrogens with one attached hydrogen (secondary N) is 1. The van der Waals surface area contributed by atoms with Crippen molar-refractivity contribution in [2.75, 3.05) is 19.5 Å². The molecule has 4 aliphatic carbocycles. The first-order chi connectivity index (χ1) is 15.4. The number of nitrogens with zero attached hydrogens (tertiary/aromatic N) is 2. The zero-order chi connectivity index (χ0) is 22.5. The van der Waals surface area contributed by atoms with Gasteiger partial charge in [0, 0.05) is 6.42 Å². The molecule has 0 unspecified atom stereocenters. The highest BCUT2D eigenvalue weighted by atomic mass is 16.5. The average Bonchev–Trinajstić information content (AvgIpc) is 2.99. The number of anilines is 1. The Balaban J connectivity index is 1.29. The summed E-state index contributed by atoms with van der Waals surface area (Å²) in [6.07, 6.45) is 8.64. The maximum atomic E-state index is 13.1. The van der Waals surface area contributed by atoms with Crippen LogP contribution in [0.2, 0.25) is 0 Å². The molecule has 1 amide bonds. The van der Waals surface area contributed by atoms with Crippen LogP contribution in [0.15, 0.2) is 18.2 Å². The standard InChI is InChI=1S/C26H35N3O3/c1-16-25(17(2)29(28-16)15-18-5-6-22(31-3)23(10-18)32-4)27-24(30)14-26-11-19-7-20(12-26)9-21(8-19)13-26/h5-6,10,19-21H,7-9,11-15H2,1-4H3,(H,27,30). The highest BCUT2D eigenvalue weighted by molar-refractivity contribution is 5.92. The van der Waals surface area contributed by atoms with E-state index < -0.39 is 0 Å². The van der Waals surface area contributed by atoms with Crippen molar-refractivity contribution in [2.45, 2.75) is 65.3 Å². The predicted octanol–water partition coefficient (Wildman–Crippen LogP) is 5.11. The Labute approximate surface area is 190 Å². The number of hydrogen-bond donors (Lipinski definition) is 1. The van der Waals surface area contributed by atoms with E-state index in [1.165, 1.54) is 38.5 Å². The van der Waals surface area contributed by atoms with Crippen molar-refractivity contribution in [3.05, 3.63) is 35.2 Å². The Morgan fingerprint density at radius 2 is 1.69 bits per heavy atom. The van der Waals surface area contributed by atoms with Crippen LogP contribution in [-0.2, 0) is 11.3 Å². The van der Waals surface area contributed by atoms with Crippen LogP contribution in [0.3, 0.4) is 0 Å². The van der Waals surface area contributed by atoms with Crippen LogP contribution in [-0.4, -0.2) is 29.9 Å². The highest BCUT2D eigenvalue weighted by Crippen LogP contribution is 2.61. The number of methoxy groups -OCH3 is 2. The van der Waals surface area contributed by atoms with E-state index in [2.05, 4.69) is 5.32 Å². The molecule has 4 fully saturated rings. The van der Waals surface area contributed by atoms with Crippen LogP contribution in [0.5, 0.6) is 11.5 Å². The first-order valence-electron chi connectivity index (χ1n) is 11.9. The maximum absolute atomic E-state index is 13.1. The molecule has 6 nitrogen and oxygen atoms in total. The lowest BCUT2D eigenvalue weighted by atomic mass is 9.49. The summed E-state index contributed by atoms with van der Waals surface area (Å²) >= 11 is 0. The molecule has 6 rings (SSSR count). The van der Waals surface area contributed by atoms with Crippen LogP contribution in [0.4, 0.5) is 5.69 Å². The summed E-state index contributed by atoms with van der Waals surface area (Å²) in [4.78, 5) is 13.1. The molecule has 1 heterocycles. The lowest BCUT2D eigenvalue weighted by molar-refractivity contribution is -0.124. The molecule has 32 heavy (non-hydrogen) atoms. The summed E-state index contributed by atoms with van der Waals surface area (Å²) < 4.78 is 12.7. The molecule has 4 aliphatic rings. The van der Waals surface area contributed by atoms with Crippen LogP contribution >= 0.6 is 0 Å². The monoisotopic (exact) mass is 437 g/mol. The number of hydrogen-bond acceptors (Lipinski definition) is 4. The van der Waals surface area contributed by atoms with Gasteiger partial charge >= 0.3 is 0 Å². The summed E-state index contributed by atoms with van der Waals surface area (Å²) in [6, 6.07) is 5.90. The Hall–Kier alpha value is -2.50. The molecular formula is C26H35N3O3. The van der Waals surface area contributed by atoms with Gasteiger partial charge in [-0.1, -0.05) is 6.07 Å². The molecule has 0 atom stereocenters. The fourth-order valence-electron chi connectivity index (χ4n) is 7.21. The average molecular weight is 438 g/mol. The molecule has 2 aromatic rings. The van der Waals surface area contributed by atoms with Crippen molar-refractivity contribution < 1.29 is 14.3 Å². The van der Waals surface area contributed by atoms with Crippen molar-refractivity contribution in [1.82, 2.24) is 9.78 Å². The second-order valence-electron chi connectivity index (χ2n) is 10.5. The fraction of sp³-hybridized carbons (Fsp3) is 0.615. The van der Waals surface area contributed by atoms with E-state index in [0.717, 1.165) is 40.4 Å². The van der Waals surface area contributed by atoms with Crippen molar-refractivity contribution in [2.24, 2.45) is 23.2 Å². The third kappa shape index (κ3) is 3.89. The summed E-state index contributed by atoms with van der Waals surface area (Å²) in [6.45, 7) is 4.61. The van der Waals surface area contributed by atoms with Gasteiger partial charge in [0.25, 0.3) is 0 Å². The largest absolute Gasteiger partial charge is 0.493 e. The fourth-order valence-corrected chi connectivity index (χ4v) is 7.21. The molecule has 0 saturated heterocycles. The van der Waals surface area contributed by atoms with Gasteiger partial charge < -0.3 is 14.8 Å². The summed E-state index contributed by atoms with van der Waals surface area (Å²) in [7, 11) is 3.28. The molecule has 0 aliphatic heterocycles. The predicted molar refractivity (Wildman–Crippen MR) is 124 cm³/mol. The molecule has 4 bridgehead atoms. The van der Waals surface area contributed by atoms with Gasteiger partial charge in [-0.05, 0) is 93.2 Å². The molecule has 0 spiro atoms. The summed E-state index contributed by atoms with van der Waals surface area (Å²) in [5.41, 5.74) is 4.02. The number of benzene rings is 1. The van der Waals surface area contributed by atoms with E-state index in [9.17, 15) is 4.79 Å². The number of carbonyl (C=O) groups excluding carboxylic acids is 1. The van der Waals surface area contributed by atoms with E-state index in [1.807, 2.05) is 36.7 Å². The normalized spacial score (nSPS) is 28.1. The highest BCUT2D eigenvalue weighted by Gasteiger charge is 2.51. The molecule has 1 N–H and O–H groups in total. The lowest BCUT2D eigenvalue weighted by Crippen LogP contribution is -2.47. The molecule has 172 valence electrons. The first kappa shape index (κ1) is 21.4. The van der Waals surface area contributed by atoms with Gasteiger partial charge in [-0.3, -0.25) is 9.48 Å². The van der Waals surface area contributed by atoms with E-state index in [4.69, 9.17) is 14.6 Å². The zero-order valence-electron chi connectivity index (χ0n) is 19.7.